The molecule has 242 valence electrons. The van der Waals surface area contributed by atoms with Crippen LogP contribution in [0.25, 0.3) is 11.3 Å². The van der Waals surface area contributed by atoms with Crippen molar-refractivity contribution in [2.45, 2.75) is 82.7 Å². The Kier molecular flexibility index (Phi) is 10.8. The number of hydrogen-bond acceptors (Lipinski definition) is 7. The highest BCUT2D eigenvalue weighted by molar-refractivity contribution is 9.08. The number of aliphatic hydroxyl groups is 1. The monoisotopic (exact) mass is 722 g/mol. The molecule has 1 aromatic heterocycles. The number of aryl methyl sites for hydroxylation is 1. The zero-order valence-electron chi connectivity index (χ0n) is 23.7. The second-order valence-corrected chi connectivity index (χ2v) is 14.4. The Bertz CT molecular complexity index is 1440. The molecule has 1 aliphatic rings. The van der Waals surface area contributed by atoms with Crippen molar-refractivity contribution in [1.29, 1.82) is 0 Å². The number of aromatic nitrogens is 2. The van der Waals surface area contributed by atoms with Crippen LogP contribution in [0.4, 0.5) is 22.0 Å². The molecule has 0 bridgehead atoms. The summed E-state index contributed by atoms with van der Waals surface area (Å²) < 4.78 is 99.8. The van der Waals surface area contributed by atoms with Gasteiger partial charge in [0.25, 0.3) is 5.91 Å². The summed E-state index contributed by atoms with van der Waals surface area (Å²) in [6.07, 6.45) is -3.62. The predicted molar refractivity (Wildman–Crippen MR) is 154 cm³/mol. The average molecular weight is 724 g/mol. The maximum atomic E-state index is 13.5. The fourth-order valence-corrected chi connectivity index (χ4v) is 7.02. The summed E-state index contributed by atoms with van der Waals surface area (Å²) in [6, 6.07) is 2.97. The number of benzene rings is 1. The molecule has 1 aromatic carbocycles. The minimum absolute atomic E-state index is 0.0199. The Balaban J connectivity index is 1.92. The number of nitrogens with zero attached hydrogens (tertiary/aromatic N) is 2. The molecule has 1 amide bonds. The van der Waals surface area contributed by atoms with E-state index in [1.807, 2.05) is 0 Å². The molecular formula is C26H33BrClF5N4O5S. The molecule has 1 saturated carbocycles. The Morgan fingerprint density at radius 2 is 1.98 bits per heavy atom. The lowest BCUT2D eigenvalue weighted by Crippen LogP contribution is -2.59. The van der Waals surface area contributed by atoms with Gasteiger partial charge in [-0.05, 0) is 50.3 Å². The summed E-state index contributed by atoms with van der Waals surface area (Å²) in [7, 11) is -3.36. The van der Waals surface area contributed by atoms with Crippen LogP contribution in [0.3, 0.4) is 0 Å². The van der Waals surface area contributed by atoms with E-state index in [0.717, 1.165) is 26.2 Å². The first kappa shape index (κ1) is 35.5. The Morgan fingerprint density at radius 3 is 2.51 bits per heavy atom. The molecule has 1 aliphatic carbocycles. The van der Waals surface area contributed by atoms with Crippen molar-refractivity contribution in [3.8, 4) is 17.0 Å². The SMILES string of the molecule is CCn1nc(C(=O)NC[C@]2(O)CC[C@@H](S(C)(=O)=O)CC2NBr)c(Cl)c1-c1ccc(CC(C)(C)C(F)(F)F)cc1OC(F)F. The molecule has 1 unspecified atom stereocenters. The van der Waals surface area contributed by atoms with Crippen molar-refractivity contribution in [3.05, 3.63) is 34.5 Å². The molecule has 1 fully saturated rings. The number of alkyl halides is 5. The Hall–Kier alpha value is -2.01. The van der Waals surface area contributed by atoms with Crippen molar-refractivity contribution in [2.75, 3.05) is 12.8 Å². The molecule has 0 saturated heterocycles. The zero-order chi connectivity index (χ0) is 32.5. The van der Waals surface area contributed by atoms with Gasteiger partial charge in [0, 0.05) is 47.1 Å². The summed E-state index contributed by atoms with van der Waals surface area (Å²) in [4.78, 5) is 13.2. The van der Waals surface area contributed by atoms with Crippen LogP contribution in [0.2, 0.25) is 5.02 Å². The molecule has 0 aliphatic heterocycles. The van der Waals surface area contributed by atoms with Crippen molar-refractivity contribution in [2.24, 2.45) is 5.41 Å². The molecular weight excluding hydrogens is 691 g/mol. The highest BCUT2D eigenvalue weighted by atomic mass is 79.9. The van der Waals surface area contributed by atoms with Gasteiger partial charge in [-0.1, -0.05) is 31.5 Å². The number of nitrogens with one attached hydrogen (secondary N) is 2. The first-order valence-electron chi connectivity index (χ1n) is 13.2. The molecule has 3 atom stereocenters. The molecule has 17 heteroatoms. The van der Waals surface area contributed by atoms with Crippen LogP contribution in [0.1, 0.15) is 56.1 Å². The van der Waals surface area contributed by atoms with Crippen molar-refractivity contribution >= 4 is 43.5 Å². The summed E-state index contributed by atoms with van der Waals surface area (Å²) >= 11 is 9.62. The molecule has 43 heavy (non-hydrogen) atoms. The molecule has 1 heterocycles. The van der Waals surface area contributed by atoms with Gasteiger partial charge in [-0.2, -0.15) is 27.1 Å². The van der Waals surface area contributed by atoms with E-state index in [-0.39, 0.29) is 59.9 Å². The highest BCUT2D eigenvalue weighted by Gasteiger charge is 2.47. The van der Waals surface area contributed by atoms with E-state index in [2.05, 4.69) is 35.6 Å². The standard InChI is InChI=1S/C26H33BrClF5N4O5S/c1-5-37-21(16-7-6-14(10-17(16)42-23(29)30)12-24(2,3)26(31,32)33)19(28)20(36-37)22(38)34-13-25(39)9-8-15(43(4,40)41)11-18(25)35-27/h6-7,10,15,18,23,35,39H,5,8-9,11-13H2,1-4H3,(H,34,38)/t15-,18?,25-/m1/s1. The van der Waals surface area contributed by atoms with Gasteiger partial charge in [-0.15, -0.1) is 0 Å². The molecule has 3 rings (SSSR count). The first-order chi connectivity index (χ1) is 19.7. The molecule has 0 radical (unpaired) electrons. The highest BCUT2D eigenvalue weighted by Crippen LogP contribution is 2.43. The topological polar surface area (TPSA) is 123 Å². The molecule has 9 nitrogen and oxygen atoms in total. The van der Waals surface area contributed by atoms with Gasteiger partial charge in [0.15, 0.2) is 5.69 Å². The largest absolute Gasteiger partial charge is 0.434 e. The van der Waals surface area contributed by atoms with Gasteiger partial charge in [-0.3, -0.25) is 9.48 Å². The second kappa shape index (κ2) is 13.2. The normalized spacial score (nSPS) is 21.7. The van der Waals surface area contributed by atoms with E-state index < -0.39 is 63.0 Å². The summed E-state index contributed by atoms with van der Waals surface area (Å²) in [6.45, 7) is 0.167. The average Bonchev–Trinajstić information content (AvgIpc) is 3.22. The van der Waals surface area contributed by atoms with Crippen molar-refractivity contribution in [1.82, 2.24) is 19.4 Å². The molecule has 2 aromatic rings. The van der Waals surface area contributed by atoms with Crippen LogP contribution in [0, 0.1) is 5.41 Å². The lowest BCUT2D eigenvalue weighted by Gasteiger charge is -2.41. The van der Waals surface area contributed by atoms with Crippen molar-refractivity contribution in [3.63, 3.8) is 0 Å². The second-order valence-electron chi connectivity index (χ2n) is 11.3. The van der Waals surface area contributed by atoms with Gasteiger partial charge in [0.05, 0.1) is 27.0 Å². The number of sulfone groups is 1. The lowest BCUT2D eigenvalue weighted by atomic mass is 9.80. The number of halogens is 7. The van der Waals surface area contributed by atoms with E-state index in [4.69, 9.17) is 11.6 Å². The van der Waals surface area contributed by atoms with Crippen LogP contribution in [-0.2, 0) is 22.8 Å². The van der Waals surface area contributed by atoms with E-state index in [9.17, 15) is 40.3 Å². The van der Waals surface area contributed by atoms with Crippen LogP contribution in [0.5, 0.6) is 5.75 Å². The maximum absolute atomic E-state index is 13.5. The quantitative estimate of drug-likeness (QED) is 0.213. The van der Waals surface area contributed by atoms with Gasteiger partial charge >= 0.3 is 12.8 Å². The number of ether oxygens (including phenoxy) is 1. The summed E-state index contributed by atoms with van der Waals surface area (Å²) in [5.74, 6) is -1.25. The van der Waals surface area contributed by atoms with Crippen molar-refractivity contribution < 1.29 is 45.0 Å². The predicted octanol–water partition coefficient (Wildman–Crippen LogP) is 5.28. The zero-order valence-corrected chi connectivity index (χ0v) is 26.9. The Morgan fingerprint density at radius 1 is 1.33 bits per heavy atom. The van der Waals surface area contributed by atoms with Gasteiger partial charge in [0.1, 0.15) is 15.6 Å². The number of hydrogen-bond donors (Lipinski definition) is 3. The first-order valence-corrected chi connectivity index (χ1v) is 16.3. The van der Waals surface area contributed by atoms with Crippen LogP contribution >= 0.6 is 27.7 Å². The van der Waals surface area contributed by atoms with Gasteiger partial charge in [-0.25, -0.2) is 12.8 Å². The van der Waals surface area contributed by atoms with E-state index in [1.54, 1.807) is 6.92 Å². The number of amides is 1. The van der Waals surface area contributed by atoms with E-state index in [1.165, 1.54) is 16.8 Å². The van der Waals surface area contributed by atoms with E-state index in [0.29, 0.717) is 0 Å². The summed E-state index contributed by atoms with van der Waals surface area (Å²) in [5.41, 5.74) is -3.87. The third kappa shape index (κ3) is 7.99. The van der Waals surface area contributed by atoms with Gasteiger partial charge < -0.3 is 15.2 Å². The summed E-state index contributed by atoms with van der Waals surface area (Å²) in [5, 5.41) is 17.1. The van der Waals surface area contributed by atoms with Crippen LogP contribution in [0.15, 0.2) is 18.2 Å². The van der Waals surface area contributed by atoms with Crippen LogP contribution < -0.4 is 14.4 Å². The Labute approximate surface area is 259 Å². The fourth-order valence-electron chi connectivity index (χ4n) is 5.00. The minimum Gasteiger partial charge on any atom is -0.434 e. The third-order valence-electron chi connectivity index (χ3n) is 7.68. The van der Waals surface area contributed by atoms with Gasteiger partial charge in [0.2, 0.25) is 0 Å². The maximum Gasteiger partial charge on any atom is 0.394 e. The third-order valence-corrected chi connectivity index (χ3v) is 10.2. The van der Waals surface area contributed by atoms with Crippen LogP contribution in [-0.4, -0.2) is 71.7 Å². The number of carbonyl (C=O) groups excluding carboxylic acids is 1. The lowest BCUT2D eigenvalue weighted by molar-refractivity contribution is -0.211. The minimum atomic E-state index is -4.55. The number of rotatable bonds is 11. The fraction of sp³-hybridized carbons (Fsp3) is 0.615. The smallest absolute Gasteiger partial charge is 0.394 e. The van der Waals surface area contributed by atoms with E-state index >= 15 is 0 Å². The molecule has 0 spiro atoms. The molecule has 3 N–H and O–H groups in total. The number of carbonyl (C=O) groups is 1.